The van der Waals surface area contributed by atoms with Crippen LogP contribution < -0.4 is 0 Å². The molecule has 3 aromatic heterocycles. The van der Waals surface area contributed by atoms with Gasteiger partial charge in [0.1, 0.15) is 10.8 Å². The summed E-state index contributed by atoms with van der Waals surface area (Å²) in [7, 11) is 0. The third-order valence-corrected chi connectivity index (χ3v) is 6.10. The fourth-order valence-corrected chi connectivity index (χ4v) is 4.61. The van der Waals surface area contributed by atoms with Gasteiger partial charge in [-0.25, -0.2) is 9.98 Å². The van der Waals surface area contributed by atoms with Gasteiger partial charge < -0.3 is 4.42 Å². The summed E-state index contributed by atoms with van der Waals surface area (Å²) in [4.78, 5) is 8.86. The van der Waals surface area contributed by atoms with Crippen molar-refractivity contribution < 1.29 is 4.42 Å². The van der Waals surface area contributed by atoms with E-state index in [0.717, 1.165) is 20.6 Å². The van der Waals surface area contributed by atoms with E-state index in [2.05, 4.69) is 26.2 Å². The number of furan rings is 1. The largest absolute Gasteiger partial charge is 0.463 e. The summed E-state index contributed by atoms with van der Waals surface area (Å²) >= 11 is 4.85. The van der Waals surface area contributed by atoms with Crippen LogP contribution in [0.25, 0.3) is 10.2 Å². The van der Waals surface area contributed by atoms with Gasteiger partial charge in [0.05, 0.1) is 28.4 Å². The molecule has 23 heavy (non-hydrogen) atoms. The average Bonchev–Trinajstić information content (AvgIpc) is 3.30. The van der Waals surface area contributed by atoms with E-state index in [1.54, 1.807) is 35.6 Å². The van der Waals surface area contributed by atoms with Gasteiger partial charge in [-0.1, -0.05) is 35.2 Å². The maximum Gasteiger partial charge on any atom is 0.231 e. The Balaban J connectivity index is 1.41. The maximum absolute atomic E-state index is 5.19. The van der Waals surface area contributed by atoms with E-state index in [1.165, 1.54) is 16.0 Å². The highest BCUT2D eigenvalue weighted by molar-refractivity contribution is 8.00. The molecule has 0 spiro atoms. The predicted molar refractivity (Wildman–Crippen MR) is 95.1 cm³/mol. The standard InChI is InChI=1S/C15H10N4OS3/c1-2-6-12-11(5-1)17-15(22-12)21-9-13-18-19-14(23-13)16-8-10-4-3-7-20-10/h1-8H,9H2/b16-8+. The van der Waals surface area contributed by atoms with Gasteiger partial charge in [0.2, 0.25) is 5.13 Å². The summed E-state index contributed by atoms with van der Waals surface area (Å²) in [6.45, 7) is 0. The van der Waals surface area contributed by atoms with Crippen molar-refractivity contribution in [3.63, 3.8) is 0 Å². The van der Waals surface area contributed by atoms with Crippen LogP contribution in [0.2, 0.25) is 0 Å². The SMILES string of the molecule is C(=N\c1nnc(CSc2nc3ccccc3s2)s1)/c1ccco1. The molecule has 0 saturated heterocycles. The normalized spacial score (nSPS) is 11.7. The number of fused-ring (bicyclic) bond motifs is 1. The minimum Gasteiger partial charge on any atom is -0.463 e. The minimum atomic E-state index is 0.626. The molecule has 0 aliphatic heterocycles. The van der Waals surface area contributed by atoms with Crippen LogP contribution in [0.5, 0.6) is 0 Å². The Bertz CT molecular complexity index is 910. The van der Waals surface area contributed by atoms with E-state index in [0.29, 0.717) is 10.9 Å². The second-order valence-electron chi connectivity index (χ2n) is 4.49. The molecule has 0 radical (unpaired) electrons. The summed E-state index contributed by atoms with van der Waals surface area (Å²) in [6.07, 6.45) is 3.26. The lowest BCUT2D eigenvalue weighted by Crippen LogP contribution is -1.78. The number of thiazole rings is 1. The Morgan fingerprint density at radius 1 is 1.13 bits per heavy atom. The first-order valence-electron chi connectivity index (χ1n) is 6.75. The van der Waals surface area contributed by atoms with E-state index in [-0.39, 0.29) is 0 Å². The van der Waals surface area contributed by atoms with Gasteiger partial charge in [-0.3, -0.25) is 0 Å². The molecule has 0 bridgehead atoms. The van der Waals surface area contributed by atoms with Gasteiger partial charge in [-0.05, 0) is 24.3 Å². The summed E-state index contributed by atoms with van der Waals surface area (Å²) in [5.74, 6) is 1.44. The summed E-state index contributed by atoms with van der Waals surface area (Å²) in [6, 6.07) is 11.8. The van der Waals surface area contributed by atoms with Crippen molar-refractivity contribution in [1.82, 2.24) is 15.2 Å². The number of rotatable bonds is 5. The van der Waals surface area contributed by atoms with Crippen LogP contribution in [0.4, 0.5) is 5.13 Å². The molecule has 0 N–H and O–H groups in total. The zero-order valence-electron chi connectivity index (χ0n) is 11.7. The van der Waals surface area contributed by atoms with Crippen LogP contribution in [-0.4, -0.2) is 21.4 Å². The van der Waals surface area contributed by atoms with Crippen LogP contribution in [0.15, 0.2) is 56.4 Å². The van der Waals surface area contributed by atoms with Gasteiger partial charge in [0.25, 0.3) is 0 Å². The molecule has 0 aliphatic rings. The third-order valence-electron chi connectivity index (χ3n) is 2.89. The highest BCUT2D eigenvalue weighted by Crippen LogP contribution is 2.32. The molecular weight excluding hydrogens is 348 g/mol. The highest BCUT2D eigenvalue weighted by atomic mass is 32.2. The fraction of sp³-hybridized carbons (Fsp3) is 0.0667. The number of para-hydroxylation sites is 1. The van der Waals surface area contributed by atoms with Crippen molar-refractivity contribution in [3.05, 3.63) is 53.4 Å². The molecule has 3 heterocycles. The molecule has 1 aromatic carbocycles. The molecule has 4 aromatic rings. The number of aliphatic imine (C=N–C) groups is 1. The maximum atomic E-state index is 5.19. The fourth-order valence-electron chi connectivity index (χ4n) is 1.88. The van der Waals surface area contributed by atoms with Crippen molar-refractivity contribution in [2.75, 3.05) is 0 Å². The highest BCUT2D eigenvalue weighted by Gasteiger charge is 2.07. The van der Waals surface area contributed by atoms with Crippen LogP contribution >= 0.6 is 34.4 Å². The zero-order chi connectivity index (χ0) is 15.5. The van der Waals surface area contributed by atoms with Crippen LogP contribution in [0.3, 0.4) is 0 Å². The quantitative estimate of drug-likeness (QED) is 0.379. The number of thioether (sulfide) groups is 1. The zero-order valence-corrected chi connectivity index (χ0v) is 14.2. The first kappa shape index (κ1) is 14.6. The number of nitrogens with zero attached hydrogens (tertiary/aromatic N) is 4. The van der Waals surface area contributed by atoms with E-state index in [4.69, 9.17) is 4.42 Å². The molecule has 0 amide bonds. The Kier molecular flexibility index (Phi) is 4.18. The minimum absolute atomic E-state index is 0.626. The van der Waals surface area contributed by atoms with Gasteiger partial charge in [-0.2, -0.15) is 0 Å². The lowest BCUT2D eigenvalue weighted by molar-refractivity contribution is 0.560. The van der Waals surface area contributed by atoms with Gasteiger partial charge in [-0.15, -0.1) is 21.5 Å². The summed E-state index contributed by atoms with van der Waals surface area (Å²) in [5.41, 5.74) is 1.04. The molecule has 0 unspecified atom stereocenters. The molecule has 0 atom stereocenters. The molecule has 8 heteroatoms. The molecule has 0 fully saturated rings. The Labute approximate surface area is 144 Å². The van der Waals surface area contributed by atoms with Gasteiger partial charge in [0, 0.05) is 0 Å². The number of aromatic nitrogens is 3. The molecular formula is C15H10N4OS3. The second kappa shape index (κ2) is 6.61. The smallest absolute Gasteiger partial charge is 0.231 e. The van der Waals surface area contributed by atoms with Crippen molar-refractivity contribution in [3.8, 4) is 0 Å². The lowest BCUT2D eigenvalue weighted by atomic mass is 10.3. The van der Waals surface area contributed by atoms with E-state index < -0.39 is 0 Å². The van der Waals surface area contributed by atoms with Gasteiger partial charge >= 0.3 is 0 Å². The lowest BCUT2D eigenvalue weighted by Gasteiger charge is -1.90. The molecule has 0 aliphatic carbocycles. The first-order chi connectivity index (χ1) is 11.4. The number of hydrogen-bond acceptors (Lipinski definition) is 8. The summed E-state index contributed by atoms with van der Waals surface area (Å²) < 4.78 is 7.44. The van der Waals surface area contributed by atoms with Crippen LogP contribution in [-0.2, 0) is 5.75 Å². The Morgan fingerprint density at radius 2 is 2.09 bits per heavy atom. The van der Waals surface area contributed by atoms with Gasteiger partial charge in [0.15, 0.2) is 4.34 Å². The molecule has 0 saturated carbocycles. The van der Waals surface area contributed by atoms with Crippen LogP contribution in [0.1, 0.15) is 10.8 Å². The third kappa shape index (κ3) is 3.49. The monoisotopic (exact) mass is 358 g/mol. The number of hydrogen-bond donors (Lipinski definition) is 0. The molecule has 4 rings (SSSR count). The average molecular weight is 358 g/mol. The van der Waals surface area contributed by atoms with Crippen LogP contribution in [0, 0.1) is 0 Å². The molecule has 5 nitrogen and oxygen atoms in total. The predicted octanol–water partition coefficient (Wildman–Crippen LogP) is 4.78. The first-order valence-corrected chi connectivity index (χ1v) is 9.37. The van der Waals surface area contributed by atoms with Crippen molar-refractivity contribution in [1.29, 1.82) is 0 Å². The number of benzene rings is 1. The topological polar surface area (TPSA) is 64.2 Å². The van der Waals surface area contributed by atoms with E-state index in [1.807, 2.05) is 30.3 Å². The Hall–Kier alpha value is -2.03. The molecule has 114 valence electrons. The van der Waals surface area contributed by atoms with Crippen molar-refractivity contribution >= 4 is 56.0 Å². The van der Waals surface area contributed by atoms with E-state index in [9.17, 15) is 0 Å². The van der Waals surface area contributed by atoms with Crippen molar-refractivity contribution in [2.45, 2.75) is 10.1 Å². The van der Waals surface area contributed by atoms with Crippen molar-refractivity contribution in [2.24, 2.45) is 4.99 Å². The summed E-state index contributed by atoms with van der Waals surface area (Å²) in [5, 5.41) is 9.79. The second-order valence-corrected chi connectivity index (χ2v) is 7.78. The Morgan fingerprint density at radius 3 is 2.96 bits per heavy atom. The van der Waals surface area contributed by atoms with E-state index >= 15 is 0 Å².